The number of hydrogen-bond acceptors (Lipinski definition) is 8. The van der Waals surface area contributed by atoms with Crippen molar-refractivity contribution in [2.45, 2.75) is 13.8 Å². The van der Waals surface area contributed by atoms with Crippen LogP contribution in [0.1, 0.15) is 22.5 Å². The Morgan fingerprint density at radius 2 is 1.68 bits per heavy atom. The minimum absolute atomic E-state index is 0.413. The summed E-state index contributed by atoms with van der Waals surface area (Å²) in [5.41, 5.74) is 4.80. The molecule has 0 bridgehead atoms. The van der Waals surface area contributed by atoms with Crippen molar-refractivity contribution < 1.29 is 0 Å². The normalized spacial score (nSPS) is 10.3. The average molecular weight is 289 g/mol. The maximum absolute atomic E-state index is 8.94. The van der Waals surface area contributed by atoms with E-state index in [0.717, 1.165) is 23.1 Å². The topological polar surface area (TPSA) is 110 Å². The zero-order valence-electron chi connectivity index (χ0n) is 10.00. The van der Waals surface area contributed by atoms with Gasteiger partial charge in [0.15, 0.2) is 5.00 Å². The molecular weight excluding hydrogens is 282 g/mol. The van der Waals surface area contributed by atoms with Gasteiger partial charge in [-0.2, -0.15) is 19.3 Å². The van der Waals surface area contributed by atoms with Gasteiger partial charge in [-0.05, 0) is 36.9 Å². The summed E-state index contributed by atoms with van der Waals surface area (Å²) in [7, 11) is 0. The largest absolute Gasteiger partial charge is 0.247 e. The fourth-order valence-corrected chi connectivity index (χ4v) is 2.61. The van der Waals surface area contributed by atoms with Gasteiger partial charge in [0.25, 0.3) is 0 Å². The van der Waals surface area contributed by atoms with Gasteiger partial charge in [0, 0.05) is 0 Å². The second-order valence-corrected chi connectivity index (χ2v) is 4.98. The van der Waals surface area contributed by atoms with Crippen LogP contribution in [-0.2, 0) is 0 Å². The summed E-state index contributed by atoms with van der Waals surface area (Å²) in [6, 6.07) is 4.06. The van der Waals surface area contributed by atoms with Gasteiger partial charge in [-0.15, -0.1) is 5.11 Å². The summed E-state index contributed by atoms with van der Waals surface area (Å²) in [6.07, 6.45) is 0. The highest BCUT2D eigenvalue weighted by Crippen LogP contribution is 2.28. The molecule has 0 saturated carbocycles. The fraction of sp³-hybridized carbons (Fsp3) is 0.200. The lowest BCUT2D eigenvalue weighted by atomic mass is 10.3. The molecule has 7 nitrogen and oxygen atoms in total. The summed E-state index contributed by atoms with van der Waals surface area (Å²) >= 11 is 2.24. The van der Waals surface area contributed by atoms with Crippen LogP contribution in [0.15, 0.2) is 10.3 Å². The van der Waals surface area contributed by atoms with Crippen LogP contribution in [0.3, 0.4) is 0 Å². The fourth-order valence-electron chi connectivity index (χ4n) is 1.25. The van der Waals surface area contributed by atoms with E-state index in [1.54, 1.807) is 13.8 Å². The number of anilines is 1. The first kappa shape index (κ1) is 13.1. The Labute approximate surface area is 117 Å². The van der Waals surface area contributed by atoms with Crippen molar-refractivity contribution in [3.8, 4) is 12.1 Å². The third-order valence-electron chi connectivity index (χ3n) is 2.22. The van der Waals surface area contributed by atoms with Crippen LogP contribution in [0.5, 0.6) is 0 Å². The van der Waals surface area contributed by atoms with Crippen LogP contribution in [0.2, 0.25) is 0 Å². The molecule has 0 unspecified atom stereocenters. The molecule has 0 atom stereocenters. The molecular formula is C10H7N7S2. The molecule has 0 aromatic carbocycles. The molecule has 0 radical (unpaired) electrons. The Hall–Kier alpha value is -2.36. The number of hydrogen-bond donors (Lipinski definition) is 1. The molecule has 0 aliphatic rings. The third-order valence-corrected chi connectivity index (χ3v) is 3.89. The minimum Gasteiger partial charge on any atom is -0.247 e. The van der Waals surface area contributed by atoms with Gasteiger partial charge in [-0.3, -0.25) is 0 Å². The highest BCUT2D eigenvalue weighted by molar-refractivity contribution is 7.10. The molecule has 0 aliphatic heterocycles. The smallest absolute Gasteiger partial charge is 0.178 e. The summed E-state index contributed by atoms with van der Waals surface area (Å²) in [6.45, 7) is 3.49. The lowest BCUT2D eigenvalue weighted by Gasteiger charge is -1.93. The van der Waals surface area contributed by atoms with Crippen molar-refractivity contribution in [2.24, 2.45) is 10.3 Å². The van der Waals surface area contributed by atoms with Crippen molar-refractivity contribution in [1.29, 1.82) is 10.5 Å². The van der Waals surface area contributed by atoms with E-state index in [-0.39, 0.29) is 0 Å². The zero-order valence-corrected chi connectivity index (χ0v) is 11.6. The lowest BCUT2D eigenvalue weighted by molar-refractivity contribution is 1.14. The number of nitrogens with zero attached hydrogens (tertiary/aromatic N) is 6. The molecule has 19 heavy (non-hydrogen) atoms. The molecule has 0 spiro atoms. The first-order chi connectivity index (χ1) is 9.17. The number of aromatic nitrogens is 2. The van der Waals surface area contributed by atoms with E-state index in [1.807, 2.05) is 12.1 Å². The summed E-state index contributed by atoms with van der Waals surface area (Å²) < 4.78 is 8.07. The molecule has 9 heteroatoms. The van der Waals surface area contributed by atoms with Gasteiger partial charge in [0.1, 0.15) is 28.3 Å². The predicted molar refractivity (Wildman–Crippen MR) is 71.3 cm³/mol. The minimum atomic E-state index is 0.413. The Bertz CT molecular complexity index is 713. The molecule has 0 saturated heterocycles. The van der Waals surface area contributed by atoms with Crippen LogP contribution < -0.4 is 5.43 Å². The van der Waals surface area contributed by atoms with Crippen molar-refractivity contribution in [2.75, 3.05) is 5.43 Å². The van der Waals surface area contributed by atoms with Crippen LogP contribution >= 0.6 is 23.1 Å². The van der Waals surface area contributed by atoms with Crippen LogP contribution in [0.4, 0.5) is 10.0 Å². The van der Waals surface area contributed by atoms with Crippen LogP contribution in [-0.4, -0.2) is 8.75 Å². The van der Waals surface area contributed by atoms with Crippen molar-refractivity contribution in [3.63, 3.8) is 0 Å². The second-order valence-electron chi connectivity index (χ2n) is 3.46. The van der Waals surface area contributed by atoms with Crippen molar-refractivity contribution in [1.82, 2.24) is 8.75 Å². The van der Waals surface area contributed by atoms with Gasteiger partial charge in [-0.25, -0.2) is 5.43 Å². The summed E-state index contributed by atoms with van der Waals surface area (Å²) in [4.78, 5) is 0. The Balaban J connectivity index is 2.17. The van der Waals surface area contributed by atoms with E-state index in [0.29, 0.717) is 32.5 Å². The Kier molecular flexibility index (Phi) is 3.80. The number of aryl methyl sites for hydroxylation is 2. The third kappa shape index (κ3) is 2.57. The molecule has 0 fully saturated rings. The molecule has 2 aromatic heterocycles. The van der Waals surface area contributed by atoms with Crippen LogP contribution in [0, 0.1) is 36.5 Å². The maximum Gasteiger partial charge on any atom is 0.178 e. The Morgan fingerprint density at radius 1 is 1.05 bits per heavy atom. The first-order valence-electron chi connectivity index (χ1n) is 5.07. The van der Waals surface area contributed by atoms with E-state index >= 15 is 0 Å². The van der Waals surface area contributed by atoms with Gasteiger partial charge < -0.3 is 0 Å². The number of nitriles is 2. The molecule has 0 aliphatic carbocycles. The van der Waals surface area contributed by atoms with E-state index < -0.39 is 0 Å². The van der Waals surface area contributed by atoms with Crippen molar-refractivity contribution in [3.05, 3.63) is 22.5 Å². The van der Waals surface area contributed by atoms with E-state index in [2.05, 4.69) is 24.5 Å². The maximum atomic E-state index is 8.94. The molecule has 2 aromatic rings. The molecule has 2 heterocycles. The Morgan fingerprint density at radius 3 is 2.37 bits per heavy atom. The highest BCUT2D eigenvalue weighted by atomic mass is 32.1. The average Bonchev–Trinajstić information content (AvgIpc) is 2.93. The molecule has 94 valence electrons. The summed E-state index contributed by atoms with van der Waals surface area (Å²) in [5, 5.41) is 26.5. The number of nitrogens with one attached hydrogen (secondary N) is 1. The van der Waals surface area contributed by atoms with E-state index in [4.69, 9.17) is 10.5 Å². The lowest BCUT2D eigenvalue weighted by Crippen LogP contribution is -1.86. The highest BCUT2D eigenvalue weighted by Gasteiger charge is 2.11. The number of rotatable bonds is 3. The first-order valence-corrected chi connectivity index (χ1v) is 6.61. The SMILES string of the molecule is Cc1nsc(N=NNc2snc(C)c2C#N)c1C#N. The van der Waals surface area contributed by atoms with E-state index in [9.17, 15) is 0 Å². The van der Waals surface area contributed by atoms with Crippen LogP contribution in [0.25, 0.3) is 0 Å². The van der Waals surface area contributed by atoms with Gasteiger partial charge in [0.05, 0.1) is 11.4 Å². The second kappa shape index (κ2) is 5.52. The predicted octanol–water partition coefficient (Wildman–Crippen LogP) is 3.07. The monoisotopic (exact) mass is 289 g/mol. The summed E-state index contributed by atoms with van der Waals surface area (Å²) in [5.74, 6) is 0. The van der Waals surface area contributed by atoms with Gasteiger partial charge in [0.2, 0.25) is 0 Å². The van der Waals surface area contributed by atoms with Crippen molar-refractivity contribution >= 4 is 33.1 Å². The van der Waals surface area contributed by atoms with E-state index in [1.165, 1.54) is 0 Å². The standard InChI is InChI=1S/C10H7N7S2/c1-5-7(3-11)9(18-15-5)13-17-14-10-8(4-12)6(2)16-19-10/h1-2H3,(H,13,14). The quantitative estimate of drug-likeness (QED) is 0.689. The van der Waals surface area contributed by atoms with Gasteiger partial charge >= 0.3 is 0 Å². The van der Waals surface area contributed by atoms with Gasteiger partial charge in [-0.1, -0.05) is 5.22 Å². The zero-order chi connectivity index (χ0) is 13.8. The molecule has 0 amide bonds. The molecule has 1 N–H and O–H groups in total. The molecule has 2 rings (SSSR count).